The number of aromatic nitrogens is 3. The van der Waals surface area contributed by atoms with Crippen LogP contribution in [0.4, 0.5) is 25.1 Å². The van der Waals surface area contributed by atoms with Crippen LogP contribution in [0.2, 0.25) is 0 Å². The molecule has 9 heteroatoms. The number of nitrogens with one attached hydrogen (secondary N) is 1. The summed E-state index contributed by atoms with van der Waals surface area (Å²) in [5.41, 5.74) is 6.53. The van der Waals surface area contributed by atoms with Crippen molar-refractivity contribution in [3.05, 3.63) is 60.4 Å². The topological polar surface area (TPSA) is 89.1 Å². The monoisotopic (exact) mass is 384 g/mol. The molecule has 1 fully saturated rings. The lowest BCUT2D eigenvalue weighted by Crippen LogP contribution is -2.53. The van der Waals surface area contributed by atoms with Crippen molar-refractivity contribution >= 4 is 17.5 Å². The van der Waals surface area contributed by atoms with Crippen LogP contribution in [0.15, 0.2) is 48.8 Å². The number of nitrogens with two attached hydrogens (primary N) is 1. The molecule has 1 aliphatic rings. The number of rotatable bonds is 4. The van der Waals surface area contributed by atoms with Gasteiger partial charge in [0.05, 0.1) is 11.4 Å². The Bertz CT molecular complexity index is 1000. The van der Waals surface area contributed by atoms with Crippen LogP contribution in [-0.4, -0.2) is 38.8 Å². The second kappa shape index (κ2) is 7.26. The van der Waals surface area contributed by atoms with E-state index in [1.54, 1.807) is 11.1 Å². The number of halogens is 2. The predicted molar refractivity (Wildman–Crippen MR) is 100 cm³/mol. The van der Waals surface area contributed by atoms with Gasteiger partial charge in [-0.2, -0.15) is 5.10 Å². The molecule has 3 heterocycles. The van der Waals surface area contributed by atoms with E-state index >= 15 is 0 Å². The Labute approximate surface area is 159 Å². The number of nitrogen functional groups attached to an aromatic ring is 1. The number of amides is 2. The van der Waals surface area contributed by atoms with Crippen molar-refractivity contribution < 1.29 is 13.6 Å². The number of benzene rings is 1. The molecular formula is C19H18F2N6O. The van der Waals surface area contributed by atoms with E-state index in [4.69, 9.17) is 5.73 Å². The summed E-state index contributed by atoms with van der Waals surface area (Å²) in [7, 11) is 0. The number of carbonyl (C=O) groups is 1. The Morgan fingerprint density at radius 3 is 2.79 bits per heavy atom. The Kier molecular flexibility index (Phi) is 4.64. The van der Waals surface area contributed by atoms with Crippen molar-refractivity contribution in [3.8, 4) is 11.3 Å². The Balaban J connectivity index is 1.42. The van der Waals surface area contributed by atoms with Crippen LogP contribution >= 0.6 is 0 Å². The fraction of sp³-hybridized carbons (Fsp3) is 0.211. The molecule has 4 rings (SSSR count). The molecule has 7 nitrogen and oxygen atoms in total. The van der Waals surface area contributed by atoms with Crippen LogP contribution in [-0.2, 0) is 6.54 Å². The van der Waals surface area contributed by atoms with Crippen molar-refractivity contribution in [1.29, 1.82) is 0 Å². The SMILES string of the molecule is Nc1ccc(-c2ccc(F)cc2F)nc1NC(=O)N1CC(Cn2cccn2)C1. The number of carbonyl (C=O) groups excluding carboxylic acids is 1. The molecule has 1 saturated heterocycles. The fourth-order valence-corrected chi connectivity index (χ4v) is 3.12. The smallest absolute Gasteiger partial charge is 0.323 e. The fourth-order valence-electron chi connectivity index (χ4n) is 3.12. The maximum absolute atomic E-state index is 14.0. The average Bonchev–Trinajstić information content (AvgIpc) is 3.13. The van der Waals surface area contributed by atoms with Crippen LogP contribution in [0.25, 0.3) is 11.3 Å². The molecule has 0 atom stereocenters. The quantitative estimate of drug-likeness (QED) is 0.724. The van der Waals surface area contributed by atoms with Crippen molar-refractivity contribution in [2.45, 2.75) is 6.54 Å². The minimum absolute atomic E-state index is 0.125. The number of urea groups is 1. The minimum Gasteiger partial charge on any atom is -0.396 e. The zero-order valence-corrected chi connectivity index (χ0v) is 14.8. The van der Waals surface area contributed by atoms with Crippen molar-refractivity contribution in [1.82, 2.24) is 19.7 Å². The van der Waals surface area contributed by atoms with Crippen LogP contribution < -0.4 is 11.1 Å². The summed E-state index contributed by atoms with van der Waals surface area (Å²) in [6.45, 7) is 1.94. The number of likely N-dealkylation sites (tertiary alicyclic amines) is 1. The second-order valence-corrected chi connectivity index (χ2v) is 6.69. The van der Waals surface area contributed by atoms with Gasteiger partial charge < -0.3 is 10.6 Å². The third-order valence-corrected chi connectivity index (χ3v) is 4.61. The highest BCUT2D eigenvalue weighted by molar-refractivity contribution is 5.92. The summed E-state index contributed by atoms with van der Waals surface area (Å²) in [5.74, 6) is -0.941. The van der Waals surface area contributed by atoms with Gasteiger partial charge in [0, 0.05) is 49.6 Å². The number of hydrogen-bond acceptors (Lipinski definition) is 4. The van der Waals surface area contributed by atoms with Gasteiger partial charge in [-0.3, -0.25) is 10.00 Å². The molecule has 0 spiro atoms. The summed E-state index contributed by atoms with van der Waals surface area (Å²) in [4.78, 5) is 18.3. The Morgan fingerprint density at radius 1 is 1.25 bits per heavy atom. The molecule has 0 unspecified atom stereocenters. The van der Waals surface area contributed by atoms with Gasteiger partial charge in [-0.05, 0) is 30.3 Å². The molecule has 2 amide bonds. The molecule has 3 aromatic rings. The third kappa shape index (κ3) is 3.64. The van der Waals surface area contributed by atoms with E-state index in [0.29, 0.717) is 19.0 Å². The maximum atomic E-state index is 14.0. The molecule has 2 aromatic heterocycles. The van der Waals surface area contributed by atoms with E-state index in [0.717, 1.165) is 18.7 Å². The highest BCUT2D eigenvalue weighted by atomic mass is 19.1. The predicted octanol–water partition coefficient (Wildman–Crippen LogP) is 2.97. The van der Waals surface area contributed by atoms with Crippen LogP contribution in [0.1, 0.15) is 0 Å². The van der Waals surface area contributed by atoms with E-state index in [2.05, 4.69) is 15.4 Å². The van der Waals surface area contributed by atoms with Gasteiger partial charge in [-0.15, -0.1) is 0 Å². The van der Waals surface area contributed by atoms with Crippen molar-refractivity contribution in [3.63, 3.8) is 0 Å². The van der Waals surface area contributed by atoms with Crippen molar-refractivity contribution in [2.24, 2.45) is 5.92 Å². The first kappa shape index (κ1) is 17.9. The third-order valence-electron chi connectivity index (χ3n) is 4.61. The average molecular weight is 384 g/mol. The zero-order chi connectivity index (χ0) is 19.7. The summed E-state index contributed by atoms with van der Waals surface area (Å²) < 4.78 is 29.0. The van der Waals surface area contributed by atoms with Crippen LogP contribution in [0.3, 0.4) is 0 Å². The lowest BCUT2D eigenvalue weighted by atomic mass is 10.0. The normalized spacial score (nSPS) is 14.0. The van der Waals surface area contributed by atoms with E-state index in [-0.39, 0.29) is 28.8 Å². The molecule has 0 bridgehead atoms. The highest BCUT2D eigenvalue weighted by Gasteiger charge is 2.31. The number of pyridine rings is 1. The van der Waals surface area contributed by atoms with E-state index in [1.807, 2.05) is 16.9 Å². The highest BCUT2D eigenvalue weighted by Crippen LogP contribution is 2.27. The lowest BCUT2D eigenvalue weighted by Gasteiger charge is -2.39. The minimum atomic E-state index is -0.737. The van der Waals surface area contributed by atoms with Gasteiger partial charge >= 0.3 is 6.03 Å². The lowest BCUT2D eigenvalue weighted by molar-refractivity contribution is 0.117. The molecule has 144 valence electrons. The van der Waals surface area contributed by atoms with Crippen LogP contribution in [0.5, 0.6) is 0 Å². The standard InChI is InChI=1S/C19H18F2N6O/c20-13-2-3-14(15(21)8-13)17-5-4-16(22)18(24-17)25-19(28)26-9-12(10-26)11-27-7-1-6-23-27/h1-8,12H,9-11,22H2,(H,24,25,28). The molecule has 1 aliphatic heterocycles. The number of hydrogen-bond donors (Lipinski definition) is 2. The second-order valence-electron chi connectivity index (χ2n) is 6.69. The summed E-state index contributed by atoms with van der Waals surface area (Å²) in [6, 6.07) is 7.80. The Hall–Kier alpha value is -3.49. The first-order chi connectivity index (χ1) is 13.5. The number of anilines is 2. The largest absolute Gasteiger partial charge is 0.396 e. The maximum Gasteiger partial charge on any atom is 0.323 e. The van der Waals surface area contributed by atoms with Gasteiger partial charge in [0.15, 0.2) is 5.82 Å². The van der Waals surface area contributed by atoms with E-state index in [1.165, 1.54) is 18.2 Å². The Morgan fingerprint density at radius 2 is 2.07 bits per heavy atom. The molecular weight excluding hydrogens is 366 g/mol. The molecule has 0 saturated carbocycles. The van der Waals surface area contributed by atoms with Gasteiger partial charge in [0.2, 0.25) is 0 Å². The number of nitrogens with zero attached hydrogens (tertiary/aromatic N) is 4. The summed E-state index contributed by atoms with van der Waals surface area (Å²) >= 11 is 0. The van der Waals surface area contributed by atoms with E-state index < -0.39 is 11.6 Å². The van der Waals surface area contributed by atoms with Gasteiger partial charge in [0.25, 0.3) is 0 Å². The molecule has 28 heavy (non-hydrogen) atoms. The zero-order valence-electron chi connectivity index (χ0n) is 14.8. The summed E-state index contributed by atoms with van der Waals surface area (Å²) in [5, 5.41) is 6.82. The van der Waals surface area contributed by atoms with Gasteiger partial charge in [-0.25, -0.2) is 18.6 Å². The first-order valence-electron chi connectivity index (χ1n) is 8.75. The molecule has 1 aromatic carbocycles. The van der Waals surface area contributed by atoms with Gasteiger partial charge in [-0.1, -0.05) is 0 Å². The molecule has 0 aliphatic carbocycles. The van der Waals surface area contributed by atoms with E-state index in [9.17, 15) is 13.6 Å². The summed E-state index contributed by atoms with van der Waals surface area (Å²) in [6.07, 6.45) is 3.60. The van der Waals surface area contributed by atoms with Crippen molar-refractivity contribution in [2.75, 3.05) is 24.1 Å². The molecule has 3 N–H and O–H groups in total. The van der Waals surface area contributed by atoms with Gasteiger partial charge in [0.1, 0.15) is 11.6 Å². The van der Waals surface area contributed by atoms with Crippen LogP contribution in [0, 0.1) is 17.6 Å². The molecule has 0 radical (unpaired) electrons. The first-order valence-corrected chi connectivity index (χ1v) is 8.75.